The second-order valence-corrected chi connectivity index (χ2v) is 34.8. The zero-order valence-electron chi connectivity index (χ0n) is 77.9. The molecule has 0 aromatic rings. The quantitative estimate of drug-likeness (QED) is 0.0568. The highest BCUT2D eigenvalue weighted by Crippen LogP contribution is 2.27. The van der Waals surface area contributed by atoms with E-state index >= 15 is 0 Å². The Balaban J connectivity index is 0. The second-order valence-electron chi connectivity index (χ2n) is 34.8. The fourth-order valence-corrected chi connectivity index (χ4v) is 11.2. The van der Waals surface area contributed by atoms with Crippen molar-refractivity contribution >= 4 is 52.0 Å². The summed E-state index contributed by atoms with van der Waals surface area (Å²) in [5.74, 6) is 3.18. The molecule has 0 aromatic heterocycles. The lowest BCUT2D eigenvalue weighted by atomic mass is 9.92. The van der Waals surface area contributed by atoms with Gasteiger partial charge in [0.05, 0.1) is 0 Å². The summed E-state index contributed by atoms with van der Waals surface area (Å²) in [6.07, 6.45) is 55.5. The average molecular weight is 1610 g/mol. The van der Waals surface area contributed by atoms with Crippen LogP contribution < -0.4 is 5.32 Å². The molecule has 2 heterocycles. The Hall–Kier alpha value is -5.63. The Morgan fingerprint density at radius 3 is 0.835 bits per heavy atom. The van der Waals surface area contributed by atoms with Gasteiger partial charge < -0.3 is 10.2 Å². The number of carbonyl (C=O) groups is 9. The van der Waals surface area contributed by atoms with Crippen LogP contribution in [0.5, 0.6) is 0 Å². The van der Waals surface area contributed by atoms with Gasteiger partial charge in [0, 0.05) is 136 Å². The largest absolute Gasteiger partial charge is 0.311 e. The van der Waals surface area contributed by atoms with Crippen molar-refractivity contribution in [2.45, 2.75) is 292 Å². The van der Waals surface area contributed by atoms with Crippen molar-refractivity contribution in [3.63, 3.8) is 0 Å². The zero-order valence-corrected chi connectivity index (χ0v) is 77.9. The Labute approximate surface area is 704 Å². The predicted molar refractivity (Wildman–Crippen MR) is 488 cm³/mol. The third-order valence-corrected chi connectivity index (χ3v) is 21.0. The highest BCUT2D eigenvalue weighted by atomic mass is 16.2. The third-order valence-electron chi connectivity index (χ3n) is 21.0. The Kier molecular flexibility index (Phi) is 66.1. The average Bonchev–Trinajstić information content (AvgIpc) is 1.76. The molecule has 0 amide bonds. The monoisotopic (exact) mass is 1610 g/mol. The normalized spacial score (nSPS) is 16.9. The van der Waals surface area contributed by atoms with E-state index in [1.807, 2.05) is 180 Å². The number of rotatable bonds is 42. The number of likely N-dealkylation sites (tertiary alicyclic amines) is 2. The van der Waals surface area contributed by atoms with Crippen molar-refractivity contribution in [2.24, 2.45) is 53.3 Å². The maximum absolute atomic E-state index is 11.4. The van der Waals surface area contributed by atoms with Gasteiger partial charge in [-0.2, -0.15) is 0 Å². The number of nitrogens with one attached hydrogen (secondary N) is 1. The second kappa shape index (κ2) is 68.2. The Morgan fingerprint density at radius 1 is 0.304 bits per heavy atom. The summed E-state index contributed by atoms with van der Waals surface area (Å²) in [5.41, 5.74) is 0. The smallest absolute Gasteiger partial charge is 0.157 e. The Morgan fingerprint density at radius 2 is 0.583 bits per heavy atom. The fraction of sp³-hybridized carbons (Fsp3) is 0.724. The maximum atomic E-state index is 11.4. The maximum Gasteiger partial charge on any atom is 0.157 e. The van der Waals surface area contributed by atoms with Gasteiger partial charge >= 0.3 is 0 Å². The van der Waals surface area contributed by atoms with Crippen LogP contribution in [0.15, 0.2) is 109 Å². The number of carbonyl (C=O) groups excluding carboxylic acids is 9. The molecule has 2 saturated heterocycles. The van der Waals surface area contributed by atoms with E-state index in [0.29, 0.717) is 0 Å². The lowest BCUT2D eigenvalue weighted by Crippen LogP contribution is -2.37. The van der Waals surface area contributed by atoms with Gasteiger partial charge in [-0.15, -0.1) is 0 Å². The van der Waals surface area contributed by atoms with Gasteiger partial charge in [0.1, 0.15) is 0 Å². The van der Waals surface area contributed by atoms with E-state index in [0.717, 1.165) is 102 Å². The molecule has 1 N–H and O–H groups in total. The molecule has 7 fully saturated rings. The zero-order chi connectivity index (χ0) is 87.4. The van der Waals surface area contributed by atoms with E-state index in [1.54, 1.807) is 60.8 Å². The van der Waals surface area contributed by atoms with Crippen molar-refractivity contribution < 1.29 is 43.2 Å². The fourth-order valence-electron chi connectivity index (χ4n) is 11.2. The first-order chi connectivity index (χ1) is 54.4. The molecular formula is C98H172N8O9. The summed E-state index contributed by atoms with van der Waals surface area (Å²) in [4.78, 5) is 117. The number of likely N-dealkylation sites (N-methyl/N-ethyl adjacent to an activating group) is 5. The minimum atomic E-state index is 0.118. The van der Waals surface area contributed by atoms with Gasteiger partial charge in [-0.1, -0.05) is 226 Å². The number of allylic oxidation sites excluding steroid dienone is 10. The van der Waals surface area contributed by atoms with E-state index in [-0.39, 0.29) is 105 Å². The van der Waals surface area contributed by atoms with Gasteiger partial charge in [0.15, 0.2) is 52.0 Å². The molecule has 5 aliphatic carbocycles. The van der Waals surface area contributed by atoms with Gasteiger partial charge in [-0.25, -0.2) is 0 Å². The van der Waals surface area contributed by atoms with Crippen LogP contribution in [0, 0.1) is 53.3 Å². The van der Waals surface area contributed by atoms with Gasteiger partial charge in [-0.3, -0.25) is 72.6 Å². The van der Waals surface area contributed by atoms with E-state index in [4.69, 9.17) is 0 Å². The molecule has 7 aliphatic rings. The van der Waals surface area contributed by atoms with Crippen LogP contribution in [0.2, 0.25) is 0 Å². The van der Waals surface area contributed by atoms with Gasteiger partial charge in [0.2, 0.25) is 0 Å². The SMILES string of the molecule is C/C=C/C(=O)C(C)C.CC(C)C(=O)/C=C/CN(C)C1CC1.CC(C)C(=O)/C=C/CN(C)C1CCC1.CC(C)C(=O)/C=C/CN(C)C1CCCCC1.CC(C)C(=O)/C=C/CN1CCC1.CC(C)C(=O)/C=C/CN1CCCC1.CC(C)C(=O)/C=C/CNC1CC1.CCN(C/C=C/C(=O)C(C)C)C1CC1.CCN(CC)C/C=C/C(=O)C(C)C. The summed E-state index contributed by atoms with van der Waals surface area (Å²) in [6, 6.07) is 3.78. The van der Waals surface area contributed by atoms with Gasteiger partial charge in [-0.05, 0) is 212 Å². The minimum Gasteiger partial charge on any atom is -0.311 e. The molecule has 0 bridgehead atoms. The van der Waals surface area contributed by atoms with Crippen molar-refractivity contribution in [3.8, 4) is 0 Å². The summed E-state index contributed by atoms with van der Waals surface area (Å²) < 4.78 is 0. The molecule has 0 aromatic carbocycles. The van der Waals surface area contributed by atoms with E-state index in [2.05, 4.69) is 81.5 Å². The first-order valence-corrected chi connectivity index (χ1v) is 44.9. The molecule has 17 nitrogen and oxygen atoms in total. The first kappa shape index (κ1) is 111. The van der Waals surface area contributed by atoms with Crippen molar-refractivity contribution in [1.29, 1.82) is 0 Å². The van der Waals surface area contributed by atoms with E-state index in [1.165, 1.54) is 135 Å². The van der Waals surface area contributed by atoms with E-state index in [9.17, 15) is 43.2 Å². The number of hydrogen-bond acceptors (Lipinski definition) is 17. The topological polar surface area (TPSA) is 188 Å². The minimum absolute atomic E-state index is 0.118. The lowest BCUT2D eigenvalue weighted by Gasteiger charge is -2.33. The number of nitrogens with zero attached hydrogens (tertiary/aromatic N) is 7. The molecule has 0 spiro atoms. The molecule has 0 atom stereocenters. The summed E-state index contributed by atoms with van der Waals surface area (Å²) >= 11 is 0. The molecule has 658 valence electrons. The number of hydrogen-bond donors (Lipinski definition) is 1. The first-order valence-electron chi connectivity index (χ1n) is 44.9. The third kappa shape index (κ3) is 62.2. The molecule has 2 aliphatic heterocycles. The highest BCUT2D eigenvalue weighted by Gasteiger charge is 2.28. The summed E-state index contributed by atoms with van der Waals surface area (Å²) in [7, 11) is 6.41. The summed E-state index contributed by atoms with van der Waals surface area (Å²) in [6.45, 7) is 58.1. The van der Waals surface area contributed by atoms with Crippen LogP contribution in [0.1, 0.15) is 261 Å². The van der Waals surface area contributed by atoms with Crippen LogP contribution in [0.3, 0.4) is 0 Å². The lowest BCUT2D eigenvalue weighted by molar-refractivity contribution is -0.118. The summed E-state index contributed by atoms with van der Waals surface area (Å²) in [5, 5.41) is 3.31. The van der Waals surface area contributed by atoms with Crippen molar-refractivity contribution in [2.75, 3.05) is 119 Å². The number of ketones is 9. The van der Waals surface area contributed by atoms with Crippen molar-refractivity contribution in [3.05, 3.63) is 109 Å². The molecule has 115 heavy (non-hydrogen) atoms. The van der Waals surface area contributed by atoms with E-state index < -0.39 is 0 Å². The predicted octanol–water partition coefficient (Wildman–Crippen LogP) is 18.2. The molecule has 17 heteroatoms. The Bertz CT molecular complexity index is 2860. The standard InChI is InChI=1S/C14H25NO.2C12H21NO.2C11H19NO.C11H21NO.2C10H17NO.C7H12O/c1-12(2)14(16)10-7-11-15(3)13-8-5-4-6-9-13;1-10(2)12(14)8-5-9-13(3)11-6-4-7-11;1-4-13(11-7-8-11)9-5-6-12(14)10(2)3;1-9(2)11(13)5-4-8-12(3)10-6-7-10;1-10(2)11(13)6-5-9-12-7-3-4-8-12;1-5-12(6-2)9-7-8-11(13)10(3)4;1-9(2)10(12)5-3-6-11-7-4-8-11;1-8(2)10(12)4-3-7-11-9-5-6-9;1-4-5-7(8)6(2)3/h7,10,12-13H,4-6,8-9,11H2,1-3H3;5,8,10-11H,4,6-7,9H2,1-3H3;5-6,10-11H,4,7-9H2,1-3H3;4-5,9-10H,6-8H2,1-3H3;5-6,10H,3-4,7-9H2,1-2H3;7-8,10H,5-6,9H2,1-4H3;3,5,9H,4,6-8H2,1-2H3;3-4,8-9,11H,5-7H2,1-2H3;4-6H,1-3H3/b10-7+;8-5+;6-5+;5-4+;6-5+;8-7+;5-3+;4-3+;5-4+. The van der Waals surface area contributed by atoms with Crippen LogP contribution >= 0.6 is 0 Å². The van der Waals surface area contributed by atoms with Crippen LogP contribution in [0.4, 0.5) is 0 Å². The molecule has 5 saturated carbocycles. The molecule has 0 unspecified atom stereocenters. The van der Waals surface area contributed by atoms with Crippen LogP contribution in [-0.4, -0.2) is 236 Å². The molecule has 0 radical (unpaired) electrons. The molecule has 7 rings (SSSR count). The molecular weight excluding hydrogens is 1430 g/mol. The van der Waals surface area contributed by atoms with Crippen molar-refractivity contribution in [1.82, 2.24) is 39.6 Å². The van der Waals surface area contributed by atoms with Crippen LogP contribution in [-0.2, 0) is 43.2 Å². The van der Waals surface area contributed by atoms with Crippen LogP contribution in [0.25, 0.3) is 0 Å². The highest BCUT2D eigenvalue weighted by molar-refractivity contribution is 5.94. The van der Waals surface area contributed by atoms with Gasteiger partial charge in [0.25, 0.3) is 0 Å².